The molecule has 0 bridgehead atoms. The average Bonchev–Trinajstić information content (AvgIpc) is 2.54. The van der Waals surface area contributed by atoms with E-state index in [9.17, 15) is 14.3 Å². The van der Waals surface area contributed by atoms with Crippen LogP contribution in [0.4, 0.5) is 4.39 Å². The highest BCUT2D eigenvalue weighted by molar-refractivity contribution is 6.30. The number of carbonyl (C=O) groups is 1. The van der Waals surface area contributed by atoms with E-state index >= 15 is 0 Å². The van der Waals surface area contributed by atoms with Crippen LogP contribution in [0.2, 0.25) is 5.02 Å². The summed E-state index contributed by atoms with van der Waals surface area (Å²) in [6.07, 6.45) is 4.24. The summed E-state index contributed by atoms with van der Waals surface area (Å²) in [5.41, 5.74) is 0.494. The van der Waals surface area contributed by atoms with Gasteiger partial charge in [-0.25, -0.2) is 4.39 Å². The minimum Gasteiger partial charge on any atom is -0.481 e. The van der Waals surface area contributed by atoms with E-state index in [1.54, 1.807) is 12.1 Å². The van der Waals surface area contributed by atoms with Gasteiger partial charge in [-0.1, -0.05) is 36.9 Å². The summed E-state index contributed by atoms with van der Waals surface area (Å²) >= 11 is 5.73. The van der Waals surface area contributed by atoms with Crippen molar-refractivity contribution in [3.05, 3.63) is 34.6 Å². The van der Waals surface area contributed by atoms with Gasteiger partial charge in [0.15, 0.2) is 0 Å². The van der Waals surface area contributed by atoms with E-state index in [0.29, 0.717) is 17.0 Å². The normalized spacial score (nSPS) is 24.6. The van der Waals surface area contributed by atoms with Gasteiger partial charge in [-0.15, -0.1) is 0 Å². The Labute approximate surface area is 111 Å². The van der Waals surface area contributed by atoms with Crippen LogP contribution >= 0.6 is 11.6 Å². The molecule has 2 atom stereocenters. The van der Waals surface area contributed by atoms with Crippen LogP contribution in [0.1, 0.15) is 43.6 Å². The molecule has 18 heavy (non-hydrogen) atoms. The second kappa shape index (κ2) is 5.70. The molecule has 1 aliphatic carbocycles. The fourth-order valence-electron chi connectivity index (χ4n) is 2.78. The van der Waals surface area contributed by atoms with Crippen molar-refractivity contribution >= 4 is 17.6 Å². The Bertz CT molecular complexity index is 447. The van der Waals surface area contributed by atoms with Crippen LogP contribution in [0.5, 0.6) is 0 Å². The molecule has 1 N–H and O–H groups in total. The molecule has 0 aromatic heterocycles. The quantitative estimate of drug-likeness (QED) is 0.817. The largest absolute Gasteiger partial charge is 0.481 e. The first-order chi connectivity index (χ1) is 8.59. The molecule has 1 fully saturated rings. The van der Waals surface area contributed by atoms with Crippen LogP contribution in [0.25, 0.3) is 0 Å². The van der Waals surface area contributed by atoms with Gasteiger partial charge in [0.25, 0.3) is 0 Å². The van der Waals surface area contributed by atoms with Crippen molar-refractivity contribution in [1.82, 2.24) is 0 Å². The molecule has 0 aliphatic heterocycles. The van der Waals surface area contributed by atoms with E-state index in [1.807, 2.05) is 0 Å². The number of aliphatic carboxylic acids is 1. The Morgan fingerprint density at radius 2 is 2.00 bits per heavy atom. The van der Waals surface area contributed by atoms with Crippen molar-refractivity contribution in [2.75, 3.05) is 0 Å². The number of rotatable bonds is 2. The maximum atomic E-state index is 13.9. The maximum Gasteiger partial charge on any atom is 0.307 e. The molecule has 0 spiro atoms. The van der Waals surface area contributed by atoms with Crippen molar-refractivity contribution in [3.63, 3.8) is 0 Å². The molecule has 98 valence electrons. The summed E-state index contributed by atoms with van der Waals surface area (Å²) in [4.78, 5) is 11.3. The summed E-state index contributed by atoms with van der Waals surface area (Å²) < 4.78 is 13.9. The van der Waals surface area contributed by atoms with Crippen LogP contribution in [-0.2, 0) is 4.79 Å². The second-order valence-corrected chi connectivity index (χ2v) is 5.29. The van der Waals surface area contributed by atoms with Crippen molar-refractivity contribution in [1.29, 1.82) is 0 Å². The standard InChI is InChI=1S/C14H16ClFO2/c15-9-6-7-11(13(16)8-9)10-4-2-1-3-5-12(10)14(17)18/h6-8,10,12H,1-5H2,(H,17,18). The molecule has 0 heterocycles. The van der Waals surface area contributed by atoms with E-state index in [0.717, 1.165) is 25.7 Å². The first-order valence-corrected chi connectivity index (χ1v) is 6.65. The lowest BCUT2D eigenvalue weighted by Crippen LogP contribution is -2.21. The monoisotopic (exact) mass is 270 g/mol. The minimum atomic E-state index is -0.823. The van der Waals surface area contributed by atoms with Gasteiger partial charge in [-0.05, 0) is 30.5 Å². The van der Waals surface area contributed by atoms with Crippen molar-refractivity contribution in [3.8, 4) is 0 Å². The summed E-state index contributed by atoms with van der Waals surface area (Å²) in [7, 11) is 0. The lowest BCUT2D eigenvalue weighted by Gasteiger charge is -2.22. The molecule has 2 nitrogen and oxygen atoms in total. The van der Waals surface area contributed by atoms with Gasteiger partial charge in [-0.3, -0.25) is 4.79 Å². The molecule has 2 unspecified atom stereocenters. The third-order valence-corrected chi connectivity index (χ3v) is 3.93. The van der Waals surface area contributed by atoms with Gasteiger partial charge in [0.05, 0.1) is 5.92 Å². The predicted octanol–water partition coefficient (Wildman–Crippen LogP) is 4.23. The highest BCUT2D eigenvalue weighted by Gasteiger charge is 2.32. The van der Waals surface area contributed by atoms with Crippen molar-refractivity contribution < 1.29 is 14.3 Å². The molecular formula is C14H16ClFO2. The molecule has 0 radical (unpaired) electrons. The van der Waals surface area contributed by atoms with Gasteiger partial charge in [0, 0.05) is 10.9 Å². The lowest BCUT2D eigenvalue weighted by atomic mass is 9.82. The van der Waals surface area contributed by atoms with Crippen LogP contribution in [0, 0.1) is 11.7 Å². The molecule has 1 aromatic carbocycles. The molecule has 1 aromatic rings. The van der Waals surface area contributed by atoms with E-state index in [1.165, 1.54) is 6.07 Å². The number of benzene rings is 1. The van der Waals surface area contributed by atoms with Crippen LogP contribution < -0.4 is 0 Å². The Hall–Kier alpha value is -1.09. The van der Waals surface area contributed by atoms with Crippen LogP contribution in [-0.4, -0.2) is 11.1 Å². The molecule has 0 amide bonds. The highest BCUT2D eigenvalue weighted by Crippen LogP contribution is 2.38. The van der Waals surface area contributed by atoms with Gasteiger partial charge in [-0.2, -0.15) is 0 Å². The zero-order valence-corrected chi connectivity index (χ0v) is 10.8. The van der Waals surface area contributed by atoms with Crippen molar-refractivity contribution in [2.45, 2.75) is 38.0 Å². The van der Waals surface area contributed by atoms with Gasteiger partial charge in [0.2, 0.25) is 0 Å². The van der Waals surface area contributed by atoms with E-state index in [-0.39, 0.29) is 11.7 Å². The first kappa shape index (κ1) is 13.3. The maximum absolute atomic E-state index is 13.9. The number of halogens is 2. The number of hydrogen-bond donors (Lipinski definition) is 1. The molecule has 1 aliphatic rings. The number of carboxylic acids is 1. The minimum absolute atomic E-state index is 0.234. The molecule has 4 heteroatoms. The summed E-state index contributed by atoms with van der Waals surface area (Å²) in [6.45, 7) is 0. The fourth-order valence-corrected chi connectivity index (χ4v) is 2.94. The zero-order chi connectivity index (χ0) is 13.1. The Morgan fingerprint density at radius 1 is 1.28 bits per heavy atom. The van der Waals surface area contributed by atoms with Crippen molar-refractivity contribution in [2.24, 2.45) is 5.92 Å². The van der Waals surface area contributed by atoms with Crippen LogP contribution in [0.15, 0.2) is 18.2 Å². The fraction of sp³-hybridized carbons (Fsp3) is 0.500. The van der Waals surface area contributed by atoms with Gasteiger partial charge in [0.1, 0.15) is 5.82 Å². The summed E-state index contributed by atoms with van der Waals surface area (Å²) in [5.74, 6) is -1.93. The van der Waals surface area contributed by atoms with E-state index in [4.69, 9.17) is 11.6 Å². The predicted molar refractivity (Wildman–Crippen MR) is 68.4 cm³/mol. The van der Waals surface area contributed by atoms with Gasteiger partial charge < -0.3 is 5.11 Å². The smallest absolute Gasteiger partial charge is 0.307 e. The lowest BCUT2D eigenvalue weighted by molar-refractivity contribution is -0.142. The summed E-state index contributed by atoms with van der Waals surface area (Å²) in [6, 6.07) is 4.52. The molecule has 1 saturated carbocycles. The molecule has 2 rings (SSSR count). The Morgan fingerprint density at radius 3 is 2.67 bits per heavy atom. The SMILES string of the molecule is O=C(O)C1CCCCCC1c1ccc(Cl)cc1F. The third kappa shape index (κ3) is 2.83. The average molecular weight is 271 g/mol. The van der Waals surface area contributed by atoms with Crippen LogP contribution in [0.3, 0.4) is 0 Å². The molecular weight excluding hydrogens is 255 g/mol. The first-order valence-electron chi connectivity index (χ1n) is 6.27. The number of hydrogen-bond acceptors (Lipinski definition) is 1. The number of carboxylic acid groups (broad SMARTS) is 1. The van der Waals surface area contributed by atoms with Gasteiger partial charge >= 0.3 is 5.97 Å². The zero-order valence-electron chi connectivity index (χ0n) is 10.0. The second-order valence-electron chi connectivity index (χ2n) is 4.86. The highest BCUT2D eigenvalue weighted by atomic mass is 35.5. The van der Waals surface area contributed by atoms with E-state index < -0.39 is 11.9 Å². The third-order valence-electron chi connectivity index (χ3n) is 3.70. The summed E-state index contributed by atoms with van der Waals surface area (Å²) in [5, 5.41) is 9.64. The van der Waals surface area contributed by atoms with E-state index in [2.05, 4.69) is 0 Å². The topological polar surface area (TPSA) is 37.3 Å². The Kier molecular flexibility index (Phi) is 4.23. The molecule has 0 saturated heterocycles. The Balaban J connectivity index is 2.34.